The molecule has 1 amide bonds. The van der Waals surface area contributed by atoms with Gasteiger partial charge in [0.15, 0.2) is 5.76 Å². The lowest BCUT2D eigenvalue weighted by Crippen LogP contribution is -2.12. The van der Waals surface area contributed by atoms with Crippen LogP contribution in [0.5, 0.6) is 11.7 Å². The SMILES string of the molecule is O=C(Nc1cnccc1CO)c1ccc(Oc2ccccc2)o1. The van der Waals surface area contributed by atoms with E-state index in [1.807, 2.05) is 18.2 Å². The number of furan rings is 1. The molecule has 0 saturated heterocycles. The zero-order chi connectivity index (χ0) is 16.1. The molecule has 0 aliphatic carbocycles. The second-order valence-electron chi connectivity index (χ2n) is 4.68. The molecule has 1 aromatic carbocycles. The van der Waals surface area contributed by atoms with Crippen LogP contribution in [0.4, 0.5) is 5.69 Å². The third-order valence-corrected chi connectivity index (χ3v) is 3.10. The molecule has 3 rings (SSSR count). The lowest BCUT2D eigenvalue weighted by Gasteiger charge is -2.07. The summed E-state index contributed by atoms with van der Waals surface area (Å²) in [6.07, 6.45) is 3.01. The van der Waals surface area contributed by atoms with Crippen molar-refractivity contribution in [3.05, 3.63) is 72.2 Å². The van der Waals surface area contributed by atoms with E-state index in [-0.39, 0.29) is 18.3 Å². The van der Waals surface area contributed by atoms with Gasteiger partial charge in [-0.25, -0.2) is 0 Å². The molecule has 23 heavy (non-hydrogen) atoms. The standard InChI is InChI=1S/C17H14N2O4/c20-11-12-8-9-18-10-14(12)19-17(21)15-6-7-16(23-15)22-13-4-2-1-3-5-13/h1-10,20H,11H2,(H,19,21). The van der Waals surface area contributed by atoms with Crippen molar-refractivity contribution in [2.24, 2.45) is 0 Å². The van der Waals surface area contributed by atoms with Crippen LogP contribution < -0.4 is 10.1 Å². The first-order chi connectivity index (χ1) is 11.3. The maximum absolute atomic E-state index is 12.2. The molecule has 0 bridgehead atoms. The van der Waals surface area contributed by atoms with Gasteiger partial charge in [0.2, 0.25) is 0 Å². The molecule has 0 fully saturated rings. The number of aliphatic hydroxyl groups is 1. The first-order valence-electron chi connectivity index (χ1n) is 6.94. The summed E-state index contributed by atoms with van der Waals surface area (Å²) in [5.74, 6) is 0.484. The van der Waals surface area contributed by atoms with E-state index in [2.05, 4.69) is 10.3 Å². The van der Waals surface area contributed by atoms with Crippen LogP contribution in [0, 0.1) is 0 Å². The first-order valence-corrected chi connectivity index (χ1v) is 6.94. The smallest absolute Gasteiger partial charge is 0.291 e. The number of carbonyl (C=O) groups is 1. The van der Waals surface area contributed by atoms with Crippen molar-refractivity contribution in [2.75, 3.05) is 5.32 Å². The number of aliphatic hydroxyl groups excluding tert-OH is 1. The number of anilines is 1. The number of para-hydroxylation sites is 1. The summed E-state index contributed by atoms with van der Waals surface area (Å²) in [4.78, 5) is 16.1. The van der Waals surface area contributed by atoms with Crippen LogP contribution in [-0.4, -0.2) is 16.0 Å². The Kier molecular flexibility index (Phi) is 4.35. The number of nitrogens with one attached hydrogen (secondary N) is 1. The van der Waals surface area contributed by atoms with E-state index in [1.54, 1.807) is 30.5 Å². The Balaban J connectivity index is 1.71. The number of ether oxygens (including phenoxy) is 1. The van der Waals surface area contributed by atoms with E-state index in [4.69, 9.17) is 9.15 Å². The molecule has 6 heteroatoms. The predicted octanol–water partition coefficient (Wildman–Crippen LogP) is 3.21. The lowest BCUT2D eigenvalue weighted by atomic mass is 10.2. The molecule has 0 saturated carbocycles. The Bertz CT molecular complexity index is 799. The number of pyridine rings is 1. The fourth-order valence-corrected chi connectivity index (χ4v) is 1.96. The van der Waals surface area contributed by atoms with E-state index in [0.717, 1.165) is 0 Å². The molecule has 0 aliphatic heterocycles. The number of benzene rings is 1. The maximum atomic E-state index is 12.2. The van der Waals surface area contributed by atoms with Gasteiger partial charge in [0.1, 0.15) is 5.75 Å². The number of rotatable bonds is 5. The summed E-state index contributed by atoms with van der Waals surface area (Å²) in [6, 6.07) is 13.8. The highest BCUT2D eigenvalue weighted by atomic mass is 16.6. The third-order valence-electron chi connectivity index (χ3n) is 3.10. The summed E-state index contributed by atoms with van der Waals surface area (Å²) in [5.41, 5.74) is 1.00. The minimum atomic E-state index is -0.449. The van der Waals surface area contributed by atoms with Crippen LogP contribution in [-0.2, 0) is 6.61 Å². The van der Waals surface area contributed by atoms with Gasteiger partial charge < -0.3 is 19.6 Å². The first kappa shape index (κ1) is 14.8. The number of hydrogen-bond donors (Lipinski definition) is 2. The van der Waals surface area contributed by atoms with Crippen molar-refractivity contribution >= 4 is 11.6 Å². The fraction of sp³-hybridized carbons (Fsp3) is 0.0588. The van der Waals surface area contributed by atoms with Gasteiger partial charge in [0.05, 0.1) is 18.5 Å². The number of nitrogens with zero attached hydrogens (tertiary/aromatic N) is 1. The molecule has 0 unspecified atom stereocenters. The average molecular weight is 310 g/mol. The Hall–Kier alpha value is -3.12. The summed E-state index contributed by atoms with van der Waals surface area (Å²) in [6.45, 7) is -0.196. The van der Waals surface area contributed by atoms with Crippen molar-refractivity contribution in [3.63, 3.8) is 0 Å². The average Bonchev–Trinajstić information content (AvgIpc) is 3.05. The van der Waals surface area contributed by atoms with Crippen LogP contribution in [0.3, 0.4) is 0 Å². The monoisotopic (exact) mass is 310 g/mol. The summed E-state index contributed by atoms with van der Waals surface area (Å²) in [5, 5.41) is 11.9. The molecule has 116 valence electrons. The van der Waals surface area contributed by atoms with Crippen molar-refractivity contribution in [3.8, 4) is 11.7 Å². The van der Waals surface area contributed by atoms with Crippen LogP contribution >= 0.6 is 0 Å². The number of aromatic nitrogens is 1. The van der Waals surface area contributed by atoms with Gasteiger partial charge in [0, 0.05) is 17.8 Å². The van der Waals surface area contributed by atoms with Crippen LogP contribution in [0.2, 0.25) is 0 Å². The van der Waals surface area contributed by atoms with Gasteiger partial charge in [-0.2, -0.15) is 0 Å². The van der Waals surface area contributed by atoms with E-state index in [1.165, 1.54) is 12.3 Å². The fourth-order valence-electron chi connectivity index (χ4n) is 1.96. The van der Waals surface area contributed by atoms with Crippen molar-refractivity contribution in [1.29, 1.82) is 0 Å². The van der Waals surface area contributed by atoms with E-state index >= 15 is 0 Å². The Morgan fingerprint density at radius 2 is 2.00 bits per heavy atom. The van der Waals surface area contributed by atoms with Gasteiger partial charge in [0.25, 0.3) is 11.9 Å². The minimum absolute atomic E-state index is 0.101. The number of amides is 1. The second kappa shape index (κ2) is 6.76. The summed E-state index contributed by atoms with van der Waals surface area (Å²) < 4.78 is 10.9. The predicted molar refractivity (Wildman–Crippen MR) is 83.3 cm³/mol. The zero-order valence-electron chi connectivity index (χ0n) is 12.1. The molecule has 0 spiro atoms. The molecule has 2 aromatic heterocycles. The van der Waals surface area contributed by atoms with E-state index in [0.29, 0.717) is 17.0 Å². The second-order valence-corrected chi connectivity index (χ2v) is 4.68. The van der Waals surface area contributed by atoms with Crippen LogP contribution in [0.25, 0.3) is 0 Å². The molecule has 6 nitrogen and oxygen atoms in total. The van der Waals surface area contributed by atoms with Gasteiger partial charge in [-0.1, -0.05) is 18.2 Å². The number of carbonyl (C=O) groups excluding carboxylic acids is 1. The summed E-state index contributed by atoms with van der Waals surface area (Å²) >= 11 is 0. The molecule has 3 aromatic rings. The molecule has 0 aliphatic rings. The van der Waals surface area contributed by atoms with Gasteiger partial charge in [-0.15, -0.1) is 0 Å². The highest BCUT2D eigenvalue weighted by molar-refractivity contribution is 6.02. The Labute approximate surface area is 132 Å². The Morgan fingerprint density at radius 3 is 2.78 bits per heavy atom. The lowest BCUT2D eigenvalue weighted by molar-refractivity contribution is 0.0991. The third kappa shape index (κ3) is 3.56. The van der Waals surface area contributed by atoms with E-state index in [9.17, 15) is 9.90 Å². The molecule has 2 heterocycles. The summed E-state index contributed by atoms with van der Waals surface area (Å²) in [7, 11) is 0. The van der Waals surface area contributed by atoms with E-state index < -0.39 is 5.91 Å². The minimum Gasteiger partial charge on any atom is -0.426 e. The van der Waals surface area contributed by atoms with Crippen molar-refractivity contribution < 1.29 is 19.1 Å². The molecule has 2 N–H and O–H groups in total. The topological polar surface area (TPSA) is 84.6 Å². The molecule has 0 radical (unpaired) electrons. The molecule has 0 atom stereocenters. The van der Waals surface area contributed by atoms with Crippen LogP contribution in [0.1, 0.15) is 16.1 Å². The normalized spacial score (nSPS) is 10.3. The number of hydrogen-bond acceptors (Lipinski definition) is 5. The highest BCUT2D eigenvalue weighted by Crippen LogP contribution is 2.24. The van der Waals surface area contributed by atoms with Crippen molar-refractivity contribution in [2.45, 2.75) is 6.61 Å². The van der Waals surface area contributed by atoms with Gasteiger partial charge >= 0.3 is 0 Å². The highest BCUT2D eigenvalue weighted by Gasteiger charge is 2.14. The van der Waals surface area contributed by atoms with Gasteiger partial charge in [-0.05, 0) is 24.3 Å². The Morgan fingerprint density at radius 1 is 1.17 bits per heavy atom. The van der Waals surface area contributed by atoms with Crippen LogP contribution in [0.15, 0.2) is 65.3 Å². The zero-order valence-corrected chi connectivity index (χ0v) is 12.1. The molecular formula is C17H14N2O4. The van der Waals surface area contributed by atoms with Gasteiger partial charge in [-0.3, -0.25) is 9.78 Å². The maximum Gasteiger partial charge on any atom is 0.291 e. The van der Waals surface area contributed by atoms with Crippen molar-refractivity contribution in [1.82, 2.24) is 4.98 Å². The quantitative estimate of drug-likeness (QED) is 0.756. The molecular weight excluding hydrogens is 296 g/mol. The largest absolute Gasteiger partial charge is 0.426 e.